The van der Waals surface area contributed by atoms with Gasteiger partial charge in [-0.2, -0.15) is 0 Å². The van der Waals surface area contributed by atoms with Crippen molar-refractivity contribution in [2.24, 2.45) is 0 Å². The van der Waals surface area contributed by atoms with Crippen molar-refractivity contribution in [2.45, 2.75) is 13.5 Å². The SMILES string of the molecule is Cc1nc(CNC(=O)c2csc(C=CC(=O)O)c2)cs1. The highest BCUT2D eigenvalue weighted by atomic mass is 32.1. The zero-order chi connectivity index (χ0) is 14.5. The van der Waals surface area contributed by atoms with Crippen molar-refractivity contribution in [3.63, 3.8) is 0 Å². The number of rotatable bonds is 5. The summed E-state index contributed by atoms with van der Waals surface area (Å²) in [5, 5.41) is 15.9. The summed E-state index contributed by atoms with van der Waals surface area (Å²) < 4.78 is 0. The van der Waals surface area contributed by atoms with Crippen LogP contribution >= 0.6 is 22.7 Å². The molecular formula is C13H12N2O3S2. The molecule has 2 N–H and O–H groups in total. The molecule has 0 fully saturated rings. The zero-order valence-electron chi connectivity index (χ0n) is 10.6. The molecule has 2 aromatic heterocycles. The van der Waals surface area contributed by atoms with Gasteiger partial charge < -0.3 is 10.4 Å². The fraction of sp³-hybridized carbons (Fsp3) is 0.154. The fourth-order valence-electron chi connectivity index (χ4n) is 1.48. The molecule has 0 aliphatic rings. The van der Waals surface area contributed by atoms with E-state index in [2.05, 4.69) is 10.3 Å². The minimum Gasteiger partial charge on any atom is -0.478 e. The standard InChI is InChI=1S/C13H12N2O3S2/c1-8-15-10(7-19-8)5-14-13(18)9-4-11(20-6-9)2-3-12(16)17/h2-4,6-7H,5H2,1H3,(H,14,18)(H,16,17). The molecule has 20 heavy (non-hydrogen) atoms. The lowest BCUT2D eigenvalue weighted by Crippen LogP contribution is -2.22. The van der Waals surface area contributed by atoms with Crippen LogP contribution in [0.1, 0.15) is 25.9 Å². The van der Waals surface area contributed by atoms with Crippen LogP contribution < -0.4 is 5.32 Å². The molecule has 0 spiro atoms. The van der Waals surface area contributed by atoms with Gasteiger partial charge in [0.05, 0.1) is 22.8 Å². The van der Waals surface area contributed by atoms with Gasteiger partial charge in [-0.15, -0.1) is 22.7 Å². The first-order valence-electron chi connectivity index (χ1n) is 5.73. The van der Waals surface area contributed by atoms with E-state index in [1.165, 1.54) is 17.4 Å². The highest BCUT2D eigenvalue weighted by Gasteiger charge is 2.08. The molecule has 0 aliphatic heterocycles. The largest absolute Gasteiger partial charge is 0.478 e. The number of hydrogen-bond donors (Lipinski definition) is 2. The number of nitrogens with one attached hydrogen (secondary N) is 1. The number of hydrogen-bond acceptors (Lipinski definition) is 5. The third-order valence-corrected chi connectivity index (χ3v) is 4.09. The van der Waals surface area contributed by atoms with Crippen LogP contribution in [0, 0.1) is 6.92 Å². The number of thiophene rings is 1. The van der Waals surface area contributed by atoms with Crippen molar-refractivity contribution in [1.82, 2.24) is 10.3 Å². The Balaban J connectivity index is 1.94. The fourth-order valence-corrected chi connectivity index (χ4v) is 2.87. The summed E-state index contributed by atoms with van der Waals surface area (Å²) in [5.41, 5.74) is 1.36. The van der Waals surface area contributed by atoms with E-state index in [0.29, 0.717) is 12.1 Å². The van der Waals surface area contributed by atoms with E-state index < -0.39 is 5.97 Å². The van der Waals surface area contributed by atoms with Crippen LogP contribution in [0.3, 0.4) is 0 Å². The Labute approximate surface area is 123 Å². The molecular weight excluding hydrogens is 296 g/mol. The molecule has 104 valence electrons. The van der Waals surface area contributed by atoms with Crippen LogP contribution in [-0.2, 0) is 11.3 Å². The molecule has 0 radical (unpaired) electrons. The number of aromatic nitrogens is 1. The summed E-state index contributed by atoms with van der Waals surface area (Å²) >= 11 is 2.86. The van der Waals surface area contributed by atoms with Gasteiger partial charge in [-0.05, 0) is 19.1 Å². The summed E-state index contributed by atoms with van der Waals surface area (Å²) in [5.74, 6) is -1.20. The van der Waals surface area contributed by atoms with Gasteiger partial charge in [-0.3, -0.25) is 4.79 Å². The number of thiazole rings is 1. The second kappa shape index (κ2) is 6.44. The molecule has 2 aromatic rings. The van der Waals surface area contributed by atoms with Crippen molar-refractivity contribution >= 4 is 40.6 Å². The third-order valence-electron chi connectivity index (χ3n) is 2.37. The van der Waals surface area contributed by atoms with E-state index in [9.17, 15) is 9.59 Å². The molecule has 2 rings (SSSR count). The molecule has 0 aliphatic carbocycles. The van der Waals surface area contributed by atoms with Crippen LogP contribution in [-0.4, -0.2) is 22.0 Å². The van der Waals surface area contributed by atoms with Crippen molar-refractivity contribution in [3.05, 3.63) is 44.0 Å². The Morgan fingerprint density at radius 1 is 1.40 bits per heavy atom. The van der Waals surface area contributed by atoms with E-state index in [-0.39, 0.29) is 5.91 Å². The Morgan fingerprint density at radius 2 is 2.20 bits per heavy atom. The van der Waals surface area contributed by atoms with Crippen LogP contribution in [0.5, 0.6) is 0 Å². The first kappa shape index (κ1) is 14.4. The Hall–Kier alpha value is -1.99. The van der Waals surface area contributed by atoms with Gasteiger partial charge >= 0.3 is 5.97 Å². The number of carboxylic acids is 1. The Morgan fingerprint density at radius 3 is 2.85 bits per heavy atom. The molecule has 7 heteroatoms. The molecule has 0 atom stereocenters. The van der Waals surface area contributed by atoms with Gasteiger partial charge in [0, 0.05) is 21.7 Å². The maximum absolute atomic E-state index is 11.9. The first-order valence-corrected chi connectivity index (χ1v) is 7.49. The molecule has 0 bridgehead atoms. The first-order chi connectivity index (χ1) is 9.54. The van der Waals surface area contributed by atoms with Crippen LogP contribution in [0.4, 0.5) is 0 Å². The van der Waals surface area contributed by atoms with Crippen molar-refractivity contribution < 1.29 is 14.7 Å². The molecule has 0 unspecified atom stereocenters. The van der Waals surface area contributed by atoms with E-state index in [0.717, 1.165) is 21.7 Å². The topological polar surface area (TPSA) is 79.3 Å². The Kier molecular flexibility index (Phi) is 4.65. The lowest BCUT2D eigenvalue weighted by Gasteiger charge is -2.00. The van der Waals surface area contributed by atoms with Crippen LogP contribution in [0.15, 0.2) is 22.9 Å². The Bertz CT molecular complexity index is 658. The van der Waals surface area contributed by atoms with Gasteiger partial charge in [-0.25, -0.2) is 9.78 Å². The number of carbonyl (C=O) groups excluding carboxylic acids is 1. The van der Waals surface area contributed by atoms with Gasteiger partial charge in [0.2, 0.25) is 0 Å². The average Bonchev–Trinajstić information content (AvgIpc) is 3.02. The van der Waals surface area contributed by atoms with Gasteiger partial charge in [0.15, 0.2) is 0 Å². The van der Waals surface area contributed by atoms with Gasteiger partial charge in [0.1, 0.15) is 0 Å². The van der Waals surface area contributed by atoms with E-state index in [1.54, 1.807) is 22.8 Å². The molecule has 0 aromatic carbocycles. The summed E-state index contributed by atoms with van der Waals surface area (Å²) in [6, 6.07) is 1.66. The van der Waals surface area contributed by atoms with Crippen molar-refractivity contribution in [2.75, 3.05) is 0 Å². The monoisotopic (exact) mass is 308 g/mol. The lowest BCUT2D eigenvalue weighted by molar-refractivity contribution is -0.131. The quantitative estimate of drug-likeness (QED) is 0.832. The maximum atomic E-state index is 11.9. The van der Waals surface area contributed by atoms with Crippen LogP contribution in [0.25, 0.3) is 6.08 Å². The lowest BCUT2D eigenvalue weighted by atomic mass is 10.3. The number of aliphatic carboxylic acids is 1. The van der Waals surface area contributed by atoms with Gasteiger partial charge in [0.25, 0.3) is 5.91 Å². The molecule has 5 nitrogen and oxygen atoms in total. The minimum absolute atomic E-state index is 0.193. The summed E-state index contributed by atoms with van der Waals surface area (Å²) in [6.45, 7) is 2.30. The highest BCUT2D eigenvalue weighted by molar-refractivity contribution is 7.11. The van der Waals surface area contributed by atoms with Crippen LogP contribution in [0.2, 0.25) is 0 Å². The van der Waals surface area contributed by atoms with E-state index >= 15 is 0 Å². The van der Waals surface area contributed by atoms with Crippen molar-refractivity contribution in [1.29, 1.82) is 0 Å². The highest BCUT2D eigenvalue weighted by Crippen LogP contribution is 2.16. The number of nitrogens with zero attached hydrogens (tertiary/aromatic N) is 1. The molecule has 0 saturated heterocycles. The number of aryl methyl sites for hydroxylation is 1. The number of amides is 1. The average molecular weight is 308 g/mol. The predicted molar refractivity (Wildman–Crippen MR) is 79.0 cm³/mol. The summed E-state index contributed by atoms with van der Waals surface area (Å²) in [7, 11) is 0. The summed E-state index contributed by atoms with van der Waals surface area (Å²) in [4.78, 5) is 27.3. The smallest absolute Gasteiger partial charge is 0.328 e. The van der Waals surface area contributed by atoms with E-state index in [1.807, 2.05) is 12.3 Å². The predicted octanol–water partition coefficient (Wildman–Crippen LogP) is 2.54. The third kappa shape index (κ3) is 4.01. The number of carboxylic acid groups (broad SMARTS) is 1. The van der Waals surface area contributed by atoms with Gasteiger partial charge in [-0.1, -0.05) is 0 Å². The maximum Gasteiger partial charge on any atom is 0.328 e. The molecule has 2 heterocycles. The van der Waals surface area contributed by atoms with E-state index in [4.69, 9.17) is 5.11 Å². The normalized spacial score (nSPS) is 10.8. The van der Waals surface area contributed by atoms with Crippen molar-refractivity contribution in [3.8, 4) is 0 Å². The molecule has 0 saturated carbocycles. The second-order valence-electron chi connectivity index (χ2n) is 3.95. The second-order valence-corrected chi connectivity index (χ2v) is 5.95. The minimum atomic E-state index is -1.01. The molecule has 1 amide bonds. The summed E-state index contributed by atoms with van der Waals surface area (Å²) in [6.07, 6.45) is 2.51. The zero-order valence-corrected chi connectivity index (χ0v) is 12.3. The number of carbonyl (C=O) groups is 2.